The molecule has 8 nitrogen and oxygen atoms in total. The largest absolute Gasteiger partial charge is 0.301 e. The van der Waals surface area contributed by atoms with Gasteiger partial charge in [-0.3, -0.25) is 19.3 Å². The zero-order chi connectivity index (χ0) is 21.8. The molecule has 0 fully saturated rings. The van der Waals surface area contributed by atoms with Crippen molar-refractivity contribution in [1.29, 1.82) is 0 Å². The summed E-state index contributed by atoms with van der Waals surface area (Å²) in [5.74, 6) is -0.675. The molecule has 0 atom stereocenters. The standard InChI is InChI=1S/C22H19BrN6O2/c1-28-13-15(11-26-28)10-25-27-20(30)14-29-19-8-7-17(23)9-18(19)22(24-12-21(29)31)16-5-3-2-4-6-16/h2-11,13H,12,14H2,1H3,(H,27,30)/b25-10-. The van der Waals surface area contributed by atoms with Gasteiger partial charge in [0.1, 0.15) is 13.1 Å². The van der Waals surface area contributed by atoms with Gasteiger partial charge < -0.3 is 4.90 Å². The van der Waals surface area contributed by atoms with E-state index in [9.17, 15) is 9.59 Å². The maximum absolute atomic E-state index is 12.9. The number of nitrogens with one attached hydrogen (secondary N) is 1. The summed E-state index contributed by atoms with van der Waals surface area (Å²) in [7, 11) is 1.79. The second-order valence-electron chi connectivity index (χ2n) is 6.91. The average Bonchev–Trinajstić information content (AvgIpc) is 3.12. The number of hydrazone groups is 1. The molecule has 1 N–H and O–H groups in total. The number of carbonyl (C=O) groups excluding carboxylic acids is 2. The van der Waals surface area contributed by atoms with Crippen LogP contribution in [0.2, 0.25) is 0 Å². The molecule has 4 rings (SSSR count). The van der Waals surface area contributed by atoms with E-state index in [2.05, 4.69) is 36.5 Å². The highest BCUT2D eigenvalue weighted by Gasteiger charge is 2.27. The Bertz CT molecular complexity index is 1190. The van der Waals surface area contributed by atoms with Crippen molar-refractivity contribution in [2.45, 2.75) is 0 Å². The molecular weight excluding hydrogens is 460 g/mol. The van der Waals surface area contributed by atoms with Gasteiger partial charge in [-0.15, -0.1) is 0 Å². The Labute approximate surface area is 187 Å². The van der Waals surface area contributed by atoms with Crippen LogP contribution in [0.1, 0.15) is 16.7 Å². The van der Waals surface area contributed by atoms with E-state index in [1.165, 1.54) is 11.1 Å². The van der Waals surface area contributed by atoms with Crippen molar-refractivity contribution in [3.05, 3.63) is 82.1 Å². The highest BCUT2D eigenvalue weighted by atomic mass is 79.9. The Morgan fingerprint density at radius 3 is 2.81 bits per heavy atom. The third kappa shape index (κ3) is 4.77. The number of halogens is 1. The number of carbonyl (C=O) groups is 2. The third-order valence-corrected chi connectivity index (χ3v) is 5.15. The zero-order valence-electron chi connectivity index (χ0n) is 16.7. The molecular formula is C22H19BrN6O2. The van der Waals surface area contributed by atoms with Crippen molar-refractivity contribution in [2.24, 2.45) is 17.1 Å². The van der Waals surface area contributed by atoms with Crippen LogP contribution in [0.15, 0.2) is 75.5 Å². The van der Waals surface area contributed by atoms with Gasteiger partial charge in [-0.1, -0.05) is 46.3 Å². The fraction of sp³-hybridized carbons (Fsp3) is 0.136. The average molecular weight is 479 g/mol. The topological polar surface area (TPSA) is 92.0 Å². The summed E-state index contributed by atoms with van der Waals surface area (Å²) < 4.78 is 2.49. The molecule has 2 amide bonds. The second-order valence-corrected chi connectivity index (χ2v) is 7.83. The summed E-state index contributed by atoms with van der Waals surface area (Å²) in [5.41, 5.74) is 6.24. The molecule has 1 aliphatic heterocycles. The van der Waals surface area contributed by atoms with Crippen LogP contribution in [0, 0.1) is 0 Å². The summed E-state index contributed by atoms with van der Waals surface area (Å²) in [4.78, 5) is 31.3. The van der Waals surface area contributed by atoms with Gasteiger partial charge in [0.05, 0.1) is 23.8 Å². The lowest BCUT2D eigenvalue weighted by Gasteiger charge is -2.22. The molecule has 1 aliphatic rings. The first kappa shape index (κ1) is 20.7. The monoisotopic (exact) mass is 478 g/mol. The summed E-state index contributed by atoms with van der Waals surface area (Å²) >= 11 is 3.50. The number of nitrogens with zero attached hydrogens (tertiary/aromatic N) is 5. The number of hydrogen-bond donors (Lipinski definition) is 1. The number of benzene rings is 2. The molecule has 31 heavy (non-hydrogen) atoms. The SMILES string of the molecule is Cn1cc(/C=N\NC(=O)CN2C(=O)CN=C(c3ccccc3)c3cc(Br)ccc32)cn1. The molecule has 0 unspecified atom stereocenters. The summed E-state index contributed by atoms with van der Waals surface area (Å²) in [5, 5.41) is 7.99. The molecule has 0 saturated heterocycles. The van der Waals surface area contributed by atoms with Gasteiger partial charge in [0.15, 0.2) is 0 Å². The van der Waals surface area contributed by atoms with E-state index in [0.29, 0.717) is 11.4 Å². The van der Waals surface area contributed by atoms with Crippen molar-refractivity contribution in [3.63, 3.8) is 0 Å². The van der Waals surface area contributed by atoms with Crippen molar-refractivity contribution in [2.75, 3.05) is 18.0 Å². The van der Waals surface area contributed by atoms with Crippen LogP contribution in [0.25, 0.3) is 0 Å². The predicted molar refractivity (Wildman–Crippen MR) is 122 cm³/mol. The lowest BCUT2D eigenvalue weighted by molar-refractivity contribution is -0.123. The number of fused-ring (bicyclic) bond motifs is 1. The maximum atomic E-state index is 12.9. The van der Waals surface area contributed by atoms with E-state index in [4.69, 9.17) is 0 Å². The molecule has 2 heterocycles. The van der Waals surface area contributed by atoms with Gasteiger partial charge in [0, 0.05) is 34.4 Å². The zero-order valence-corrected chi connectivity index (χ0v) is 18.3. The summed E-state index contributed by atoms with van der Waals surface area (Å²) in [6.07, 6.45) is 4.89. The number of aliphatic imine (C=N–C) groups is 1. The Morgan fingerprint density at radius 1 is 1.26 bits per heavy atom. The Morgan fingerprint density at radius 2 is 2.06 bits per heavy atom. The van der Waals surface area contributed by atoms with Crippen LogP contribution in [-0.4, -0.2) is 46.6 Å². The van der Waals surface area contributed by atoms with Crippen LogP contribution in [0.4, 0.5) is 5.69 Å². The Balaban J connectivity index is 1.58. The lowest BCUT2D eigenvalue weighted by Crippen LogP contribution is -2.40. The number of rotatable bonds is 5. The van der Waals surface area contributed by atoms with Crippen LogP contribution >= 0.6 is 15.9 Å². The molecule has 156 valence electrons. The van der Waals surface area contributed by atoms with Crippen molar-refractivity contribution in [3.8, 4) is 0 Å². The molecule has 0 aliphatic carbocycles. The van der Waals surface area contributed by atoms with Crippen LogP contribution in [0.5, 0.6) is 0 Å². The summed E-state index contributed by atoms with van der Waals surface area (Å²) in [6.45, 7) is -0.224. The van der Waals surface area contributed by atoms with Crippen molar-refractivity contribution < 1.29 is 9.59 Å². The minimum Gasteiger partial charge on any atom is -0.301 e. The number of anilines is 1. The van der Waals surface area contributed by atoms with E-state index >= 15 is 0 Å². The number of aromatic nitrogens is 2. The molecule has 9 heteroatoms. The molecule has 0 spiro atoms. The number of hydrogen-bond acceptors (Lipinski definition) is 5. The summed E-state index contributed by atoms with van der Waals surface area (Å²) in [6, 6.07) is 15.2. The minimum atomic E-state index is -0.412. The normalized spacial score (nSPS) is 13.7. The van der Waals surface area contributed by atoms with E-state index in [1.807, 2.05) is 48.5 Å². The van der Waals surface area contributed by atoms with E-state index in [0.717, 1.165) is 21.2 Å². The lowest BCUT2D eigenvalue weighted by atomic mass is 10.0. The van der Waals surface area contributed by atoms with E-state index in [1.54, 1.807) is 24.1 Å². The van der Waals surface area contributed by atoms with Gasteiger partial charge in [0.25, 0.3) is 5.91 Å². The van der Waals surface area contributed by atoms with Crippen LogP contribution in [-0.2, 0) is 16.6 Å². The first-order valence-electron chi connectivity index (χ1n) is 9.52. The fourth-order valence-electron chi connectivity index (χ4n) is 3.27. The Kier molecular flexibility index (Phi) is 6.03. The number of aryl methyl sites for hydroxylation is 1. The van der Waals surface area contributed by atoms with Crippen molar-refractivity contribution in [1.82, 2.24) is 15.2 Å². The number of benzodiazepines with no additional fused rings is 1. The van der Waals surface area contributed by atoms with Gasteiger partial charge in [-0.2, -0.15) is 10.2 Å². The number of amides is 2. The fourth-order valence-corrected chi connectivity index (χ4v) is 3.63. The van der Waals surface area contributed by atoms with Gasteiger partial charge >= 0.3 is 0 Å². The second kappa shape index (κ2) is 9.05. The predicted octanol–water partition coefficient (Wildman–Crippen LogP) is 2.52. The van der Waals surface area contributed by atoms with E-state index < -0.39 is 5.91 Å². The maximum Gasteiger partial charge on any atom is 0.260 e. The molecule has 0 saturated carbocycles. The molecule has 1 aromatic heterocycles. The van der Waals surface area contributed by atoms with Crippen LogP contribution in [0.3, 0.4) is 0 Å². The van der Waals surface area contributed by atoms with Gasteiger partial charge in [0.2, 0.25) is 5.91 Å². The molecule has 0 radical (unpaired) electrons. The molecule has 2 aromatic carbocycles. The first-order valence-corrected chi connectivity index (χ1v) is 10.3. The molecule has 3 aromatic rings. The van der Waals surface area contributed by atoms with E-state index in [-0.39, 0.29) is 19.0 Å². The highest BCUT2D eigenvalue weighted by molar-refractivity contribution is 9.10. The first-order chi connectivity index (χ1) is 15.0. The smallest absolute Gasteiger partial charge is 0.260 e. The quantitative estimate of drug-likeness (QED) is 0.451. The van der Waals surface area contributed by atoms with Crippen LogP contribution < -0.4 is 10.3 Å². The Hall–Kier alpha value is -3.59. The minimum absolute atomic E-state index is 0.0528. The third-order valence-electron chi connectivity index (χ3n) is 4.65. The van der Waals surface area contributed by atoms with Gasteiger partial charge in [-0.05, 0) is 18.2 Å². The molecule has 0 bridgehead atoms. The van der Waals surface area contributed by atoms with Gasteiger partial charge in [-0.25, -0.2) is 5.43 Å². The van der Waals surface area contributed by atoms with Crippen molar-refractivity contribution >= 4 is 45.4 Å². The highest BCUT2D eigenvalue weighted by Crippen LogP contribution is 2.29.